The topological polar surface area (TPSA) is 44.7 Å². The highest BCUT2D eigenvalue weighted by Gasteiger charge is 2.37. The molecule has 0 unspecified atom stereocenters. The van der Waals surface area contributed by atoms with E-state index in [2.05, 4.69) is 54.5 Å². The molecule has 2 aromatic rings. The van der Waals surface area contributed by atoms with E-state index < -0.39 is 0 Å². The highest BCUT2D eigenvalue weighted by molar-refractivity contribution is 7.12. The van der Waals surface area contributed by atoms with Crippen molar-refractivity contribution in [3.8, 4) is 0 Å². The molecular formula is C18H19N3OS. The first kappa shape index (κ1) is 15.5. The molecule has 4 nitrogen and oxygen atoms in total. The molecule has 118 valence electrons. The fourth-order valence-electron chi connectivity index (χ4n) is 2.97. The SMILES string of the molecule is CN1/C(=C\C=N/NC(=O)c2cccs2)C(C)(C)c2ccccc21. The first-order valence-electron chi connectivity index (χ1n) is 7.42. The van der Waals surface area contributed by atoms with Crippen molar-refractivity contribution in [1.82, 2.24) is 5.43 Å². The van der Waals surface area contributed by atoms with E-state index in [1.54, 1.807) is 12.3 Å². The van der Waals surface area contributed by atoms with Gasteiger partial charge in [0.25, 0.3) is 5.91 Å². The monoisotopic (exact) mass is 325 g/mol. The van der Waals surface area contributed by atoms with Crippen molar-refractivity contribution in [2.75, 3.05) is 11.9 Å². The number of hydrogen-bond acceptors (Lipinski definition) is 4. The van der Waals surface area contributed by atoms with E-state index in [0.717, 1.165) is 5.70 Å². The van der Waals surface area contributed by atoms with E-state index in [1.165, 1.54) is 22.6 Å². The van der Waals surface area contributed by atoms with Crippen LogP contribution in [0.5, 0.6) is 0 Å². The van der Waals surface area contributed by atoms with Crippen LogP contribution >= 0.6 is 11.3 Å². The molecule has 1 N–H and O–H groups in total. The third-order valence-electron chi connectivity index (χ3n) is 4.16. The van der Waals surface area contributed by atoms with E-state index in [9.17, 15) is 4.79 Å². The number of benzene rings is 1. The van der Waals surface area contributed by atoms with Gasteiger partial charge < -0.3 is 4.90 Å². The molecule has 1 aliphatic heterocycles. The third kappa shape index (κ3) is 2.80. The van der Waals surface area contributed by atoms with Crippen LogP contribution < -0.4 is 10.3 Å². The van der Waals surface area contributed by atoms with Crippen molar-refractivity contribution in [2.45, 2.75) is 19.3 Å². The molecule has 1 aliphatic rings. The van der Waals surface area contributed by atoms with E-state index in [1.807, 2.05) is 23.6 Å². The zero-order chi connectivity index (χ0) is 16.4. The number of carbonyl (C=O) groups excluding carboxylic acids is 1. The molecule has 0 spiro atoms. The van der Waals surface area contributed by atoms with Gasteiger partial charge >= 0.3 is 0 Å². The Morgan fingerprint density at radius 2 is 2.04 bits per heavy atom. The highest BCUT2D eigenvalue weighted by atomic mass is 32.1. The lowest BCUT2D eigenvalue weighted by atomic mass is 9.84. The van der Waals surface area contributed by atoms with Gasteiger partial charge in [-0.25, -0.2) is 5.43 Å². The summed E-state index contributed by atoms with van der Waals surface area (Å²) in [6.45, 7) is 4.39. The standard InChI is InChI=1S/C18H19N3OS/c1-18(2)13-7-4-5-8-14(13)21(3)16(18)10-11-19-20-17(22)15-9-6-12-23-15/h4-12H,1-3H3,(H,20,22)/b16-10-,19-11-. The molecule has 2 heterocycles. The Morgan fingerprint density at radius 1 is 1.26 bits per heavy atom. The van der Waals surface area contributed by atoms with Crippen LogP contribution in [0.25, 0.3) is 0 Å². The van der Waals surface area contributed by atoms with E-state index in [0.29, 0.717) is 4.88 Å². The number of likely N-dealkylation sites (N-methyl/N-ethyl adjacent to an activating group) is 1. The maximum atomic E-state index is 11.8. The van der Waals surface area contributed by atoms with Crippen LogP contribution in [-0.4, -0.2) is 19.2 Å². The van der Waals surface area contributed by atoms with Crippen molar-refractivity contribution in [1.29, 1.82) is 0 Å². The number of nitrogens with one attached hydrogen (secondary N) is 1. The van der Waals surface area contributed by atoms with Crippen LogP contribution in [0.3, 0.4) is 0 Å². The van der Waals surface area contributed by atoms with Gasteiger partial charge in [0.2, 0.25) is 0 Å². The lowest BCUT2D eigenvalue weighted by Crippen LogP contribution is -2.23. The summed E-state index contributed by atoms with van der Waals surface area (Å²) >= 11 is 1.40. The van der Waals surface area contributed by atoms with Crippen LogP contribution in [0.1, 0.15) is 29.1 Å². The third-order valence-corrected chi connectivity index (χ3v) is 5.03. The molecule has 1 amide bonds. The predicted molar refractivity (Wildman–Crippen MR) is 96.2 cm³/mol. The van der Waals surface area contributed by atoms with E-state index >= 15 is 0 Å². The van der Waals surface area contributed by atoms with E-state index in [4.69, 9.17) is 0 Å². The van der Waals surface area contributed by atoms with Crippen LogP contribution in [0, 0.1) is 0 Å². The first-order chi connectivity index (χ1) is 11.0. The average molecular weight is 325 g/mol. The molecule has 5 heteroatoms. The lowest BCUT2D eigenvalue weighted by molar-refractivity contribution is 0.0959. The molecule has 1 aromatic heterocycles. The number of hydrazone groups is 1. The largest absolute Gasteiger partial charge is 0.347 e. The molecule has 0 atom stereocenters. The number of hydrogen-bond donors (Lipinski definition) is 1. The molecule has 0 saturated heterocycles. The summed E-state index contributed by atoms with van der Waals surface area (Å²) in [5, 5.41) is 5.90. The average Bonchev–Trinajstić information content (AvgIpc) is 3.13. The van der Waals surface area contributed by atoms with Gasteiger partial charge in [0.05, 0.1) is 4.88 Å². The lowest BCUT2D eigenvalue weighted by Gasteiger charge is -2.23. The smallest absolute Gasteiger partial charge is 0.281 e. The summed E-state index contributed by atoms with van der Waals surface area (Å²) in [5.74, 6) is -0.183. The van der Waals surface area contributed by atoms with Gasteiger partial charge in [0.1, 0.15) is 0 Å². The van der Waals surface area contributed by atoms with Crippen LogP contribution in [-0.2, 0) is 5.41 Å². The number of nitrogens with zero attached hydrogens (tertiary/aromatic N) is 2. The zero-order valence-electron chi connectivity index (χ0n) is 13.4. The maximum absolute atomic E-state index is 11.8. The molecule has 0 fully saturated rings. The summed E-state index contributed by atoms with van der Waals surface area (Å²) in [5.41, 5.74) is 6.11. The van der Waals surface area contributed by atoms with Gasteiger partial charge in [-0.05, 0) is 29.2 Å². The fraction of sp³-hybridized carbons (Fsp3) is 0.222. The maximum Gasteiger partial charge on any atom is 0.281 e. The van der Waals surface area contributed by atoms with Crippen LogP contribution in [0.2, 0.25) is 0 Å². The summed E-state index contributed by atoms with van der Waals surface area (Å²) in [6, 6.07) is 12.0. The van der Waals surface area contributed by atoms with Crippen molar-refractivity contribution in [3.05, 3.63) is 64.0 Å². The Bertz CT molecular complexity index is 775. The number of para-hydroxylation sites is 1. The van der Waals surface area contributed by atoms with Gasteiger partial charge in [0.15, 0.2) is 0 Å². The molecular weight excluding hydrogens is 306 g/mol. The Hall–Kier alpha value is -2.40. The van der Waals surface area contributed by atoms with Gasteiger partial charge in [0, 0.05) is 30.1 Å². The zero-order valence-corrected chi connectivity index (χ0v) is 14.2. The second-order valence-electron chi connectivity index (χ2n) is 5.95. The Kier molecular flexibility index (Phi) is 4.05. The molecule has 0 bridgehead atoms. The minimum atomic E-state index is -0.183. The van der Waals surface area contributed by atoms with Crippen molar-refractivity contribution in [2.24, 2.45) is 5.10 Å². The number of amides is 1. The van der Waals surface area contributed by atoms with Crippen molar-refractivity contribution in [3.63, 3.8) is 0 Å². The van der Waals surface area contributed by atoms with Gasteiger partial charge in [-0.2, -0.15) is 5.10 Å². The Labute approximate surface area is 140 Å². The van der Waals surface area contributed by atoms with Gasteiger partial charge in [-0.15, -0.1) is 11.3 Å². The molecule has 1 aromatic carbocycles. The molecule has 23 heavy (non-hydrogen) atoms. The molecule has 0 saturated carbocycles. The minimum Gasteiger partial charge on any atom is -0.347 e. The fourth-order valence-corrected chi connectivity index (χ4v) is 3.58. The van der Waals surface area contributed by atoms with E-state index in [-0.39, 0.29) is 11.3 Å². The van der Waals surface area contributed by atoms with Crippen LogP contribution in [0.15, 0.2) is 58.7 Å². The normalized spacial score (nSPS) is 17.7. The summed E-state index contributed by atoms with van der Waals surface area (Å²) in [4.78, 5) is 14.6. The summed E-state index contributed by atoms with van der Waals surface area (Å²) in [7, 11) is 2.05. The number of rotatable bonds is 3. The second kappa shape index (κ2) is 6.01. The predicted octanol–water partition coefficient (Wildman–Crippen LogP) is 3.78. The Morgan fingerprint density at radius 3 is 2.74 bits per heavy atom. The minimum absolute atomic E-state index is 0.0882. The van der Waals surface area contributed by atoms with Crippen LogP contribution in [0.4, 0.5) is 5.69 Å². The van der Waals surface area contributed by atoms with Crippen molar-refractivity contribution >= 4 is 29.1 Å². The van der Waals surface area contributed by atoms with Crippen molar-refractivity contribution < 1.29 is 4.79 Å². The molecule has 0 aliphatic carbocycles. The van der Waals surface area contributed by atoms with Gasteiger partial charge in [-0.3, -0.25) is 4.79 Å². The summed E-state index contributed by atoms with van der Waals surface area (Å²) in [6.07, 6.45) is 3.60. The van der Waals surface area contributed by atoms with Gasteiger partial charge in [-0.1, -0.05) is 38.1 Å². The number of carbonyl (C=O) groups is 1. The Balaban J connectivity index is 1.76. The number of fused-ring (bicyclic) bond motifs is 1. The quantitative estimate of drug-likeness (QED) is 0.689. The highest BCUT2D eigenvalue weighted by Crippen LogP contribution is 2.46. The number of allylic oxidation sites excluding steroid dienone is 2. The molecule has 0 radical (unpaired) electrons. The second-order valence-corrected chi connectivity index (χ2v) is 6.90. The number of anilines is 1. The molecule has 3 rings (SSSR count). The number of thiophene rings is 1. The first-order valence-corrected chi connectivity index (χ1v) is 8.30. The summed E-state index contributed by atoms with van der Waals surface area (Å²) < 4.78 is 0.